The zero-order valence-corrected chi connectivity index (χ0v) is 13.2. The number of hydrogen-bond acceptors (Lipinski definition) is 4. The lowest BCUT2D eigenvalue weighted by molar-refractivity contribution is -0.143. The van der Waals surface area contributed by atoms with Gasteiger partial charge >= 0.3 is 5.97 Å². The summed E-state index contributed by atoms with van der Waals surface area (Å²) < 4.78 is 27.8. The van der Waals surface area contributed by atoms with Crippen LogP contribution < -0.4 is 4.72 Å². The highest BCUT2D eigenvalue weighted by Gasteiger charge is 2.30. The minimum Gasteiger partial charge on any atom is -0.481 e. The van der Waals surface area contributed by atoms with Crippen molar-refractivity contribution < 1.29 is 18.3 Å². The molecule has 1 aromatic rings. The van der Waals surface area contributed by atoms with Crippen LogP contribution >= 0.6 is 27.3 Å². The molecule has 8 heteroatoms. The van der Waals surface area contributed by atoms with Crippen molar-refractivity contribution in [2.75, 3.05) is 0 Å². The molecule has 0 spiro atoms. The largest absolute Gasteiger partial charge is 0.481 e. The van der Waals surface area contributed by atoms with Crippen LogP contribution in [0, 0.1) is 5.92 Å². The molecule has 106 valence electrons. The van der Waals surface area contributed by atoms with Crippen molar-refractivity contribution in [3.63, 3.8) is 0 Å². The molecule has 1 fully saturated rings. The number of carboxylic acid groups (broad SMARTS) is 1. The summed E-state index contributed by atoms with van der Waals surface area (Å²) in [6.45, 7) is 0. The number of sulfonamides is 1. The van der Waals surface area contributed by atoms with Gasteiger partial charge < -0.3 is 5.11 Å². The van der Waals surface area contributed by atoms with Crippen molar-refractivity contribution in [2.45, 2.75) is 35.9 Å². The van der Waals surface area contributed by atoms with Gasteiger partial charge in [0, 0.05) is 10.5 Å². The molecule has 2 atom stereocenters. The van der Waals surface area contributed by atoms with E-state index < -0.39 is 21.9 Å². The molecule has 0 bridgehead atoms. The smallest absolute Gasteiger partial charge is 0.306 e. The van der Waals surface area contributed by atoms with E-state index in [0.29, 0.717) is 23.7 Å². The van der Waals surface area contributed by atoms with Crippen LogP contribution in [0.5, 0.6) is 0 Å². The van der Waals surface area contributed by atoms with Gasteiger partial charge in [0.2, 0.25) is 0 Å². The molecule has 19 heavy (non-hydrogen) atoms. The van der Waals surface area contributed by atoms with Gasteiger partial charge in [-0.05, 0) is 46.6 Å². The van der Waals surface area contributed by atoms with E-state index in [-0.39, 0.29) is 10.3 Å². The normalized spacial score (nSPS) is 24.3. The Kier molecular flexibility index (Phi) is 4.65. The molecule has 2 rings (SSSR count). The fraction of sp³-hybridized carbons (Fsp3) is 0.545. The van der Waals surface area contributed by atoms with Crippen molar-refractivity contribution in [3.05, 3.63) is 15.9 Å². The van der Waals surface area contributed by atoms with E-state index in [2.05, 4.69) is 20.7 Å². The van der Waals surface area contributed by atoms with Crippen LogP contribution in [-0.2, 0) is 14.8 Å². The fourth-order valence-corrected chi connectivity index (χ4v) is 5.90. The van der Waals surface area contributed by atoms with Crippen molar-refractivity contribution >= 4 is 43.3 Å². The van der Waals surface area contributed by atoms with Crippen LogP contribution in [0.25, 0.3) is 0 Å². The maximum absolute atomic E-state index is 12.2. The number of nitrogens with one attached hydrogen (secondary N) is 1. The first-order valence-electron chi connectivity index (χ1n) is 5.88. The number of carboxylic acids is 1. The first-order valence-corrected chi connectivity index (χ1v) is 9.04. The monoisotopic (exact) mass is 367 g/mol. The lowest BCUT2D eigenvalue weighted by Crippen LogP contribution is -2.39. The Balaban J connectivity index is 2.09. The van der Waals surface area contributed by atoms with Gasteiger partial charge in [-0.3, -0.25) is 4.79 Å². The summed E-state index contributed by atoms with van der Waals surface area (Å²) in [5.41, 5.74) is 0. The molecule has 0 aromatic carbocycles. The summed E-state index contributed by atoms with van der Waals surface area (Å²) in [6, 6.07) is 1.38. The molecule has 1 aromatic heterocycles. The van der Waals surface area contributed by atoms with Gasteiger partial charge in [-0.1, -0.05) is 6.42 Å². The van der Waals surface area contributed by atoms with E-state index in [1.165, 1.54) is 0 Å². The number of thiophene rings is 1. The SMILES string of the molecule is O=C(O)C1CCCC(NS(=O)(=O)c2sccc2Br)C1. The van der Waals surface area contributed by atoms with Gasteiger partial charge in [0.05, 0.1) is 5.92 Å². The standard InChI is InChI=1S/C11H14BrNO4S2/c12-9-4-5-18-11(9)19(16,17)13-8-3-1-2-7(6-8)10(14)15/h4-5,7-8,13H,1-3,6H2,(H,14,15). The Hall–Kier alpha value is -0.440. The van der Waals surface area contributed by atoms with Crippen LogP contribution in [0.15, 0.2) is 20.1 Å². The Bertz CT molecular complexity index is 569. The Morgan fingerprint density at radius 3 is 2.79 bits per heavy atom. The molecule has 0 aliphatic heterocycles. The van der Waals surface area contributed by atoms with E-state index in [4.69, 9.17) is 5.11 Å². The van der Waals surface area contributed by atoms with Gasteiger partial charge in [-0.2, -0.15) is 0 Å². The second kappa shape index (κ2) is 5.90. The minimum absolute atomic E-state index is 0.241. The van der Waals surface area contributed by atoms with Crippen LogP contribution in [-0.4, -0.2) is 25.5 Å². The third kappa shape index (κ3) is 3.56. The van der Waals surface area contributed by atoms with Gasteiger partial charge in [0.1, 0.15) is 4.21 Å². The molecule has 2 N–H and O–H groups in total. The van der Waals surface area contributed by atoms with Crippen LogP contribution in [0.3, 0.4) is 0 Å². The van der Waals surface area contributed by atoms with E-state index in [0.717, 1.165) is 17.8 Å². The highest BCUT2D eigenvalue weighted by atomic mass is 79.9. The predicted octanol–water partition coefficient (Wildman–Crippen LogP) is 2.43. The predicted molar refractivity (Wildman–Crippen MR) is 75.7 cm³/mol. The highest BCUT2D eigenvalue weighted by molar-refractivity contribution is 9.10. The third-order valence-corrected chi connectivity index (χ3v) is 7.36. The Morgan fingerprint density at radius 2 is 2.21 bits per heavy atom. The van der Waals surface area contributed by atoms with Gasteiger partial charge in [0.15, 0.2) is 0 Å². The lowest BCUT2D eigenvalue weighted by Gasteiger charge is -2.26. The zero-order chi connectivity index (χ0) is 14.0. The summed E-state index contributed by atoms with van der Waals surface area (Å²) in [5, 5.41) is 10.7. The average Bonchev–Trinajstić information content (AvgIpc) is 2.76. The average molecular weight is 368 g/mol. The molecule has 0 saturated heterocycles. The topological polar surface area (TPSA) is 83.5 Å². The van der Waals surface area contributed by atoms with Crippen molar-refractivity contribution in [1.82, 2.24) is 4.72 Å². The molecule has 1 aliphatic carbocycles. The molecular formula is C11H14BrNO4S2. The van der Waals surface area contributed by atoms with Crippen LogP contribution in [0.2, 0.25) is 0 Å². The molecule has 0 radical (unpaired) electrons. The van der Waals surface area contributed by atoms with E-state index in [1.54, 1.807) is 11.4 Å². The summed E-state index contributed by atoms with van der Waals surface area (Å²) in [5.74, 6) is -1.30. The molecule has 1 saturated carbocycles. The number of carbonyl (C=O) groups is 1. The van der Waals surface area contributed by atoms with Gasteiger partial charge in [0.25, 0.3) is 10.0 Å². The second-order valence-corrected chi connectivity index (χ2v) is 8.26. The fourth-order valence-electron chi connectivity index (χ4n) is 2.27. The van der Waals surface area contributed by atoms with Crippen molar-refractivity contribution in [2.24, 2.45) is 5.92 Å². The van der Waals surface area contributed by atoms with E-state index in [9.17, 15) is 13.2 Å². The maximum atomic E-state index is 12.2. The first kappa shape index (κ1) is 15.0. The number of rotatable bonds is 4. The molecule has 0 amide bonds. The van der Waals surface area contributed by atoms with E-state index >= 15 is 0 Å². The number of hydrogen-bond donors (Lipinski definition) is 2. The number of aliphatic carboxylic acids is 1. The summed E-state index contributed by atoms with van der Waals surface area (Å²) in [4.78, 5) is 11.0. The molecule has 1 aliphatic rings. The Labute approximate surface area is 124 Å². The molecule has 5 nitrogen and oxygen atoms in total. The summed E-state index contributed by atoms with van der Waals surface area (Å²) in [6.07, 6.45) is 2.40. The molecule has 1 heterocycles. The summed E-state index contributed by atoms with van der Waals surface area (Å²) in [7, 11) is -3.57. The molecule has 2 unspecified atom stereocenters. The second-order valence-electron chi connectivity index (χ2n) is 4.58. The summed E-state index contributed by atoms with van der Waals surface area (Å²) >= 11 is 4.34. The Morgan fingerprint density at radius 1 is 1.47 bits per heavy atom. The van der Waals surface area contributed by atoms with Gasteiger partial charge in [-0.15, -0.1) is 11.3 Å². The zero-order valence-electron chi connectivity index (χ0n) is 10.0. The van der Waals surface area contributed by atoms with Gasteiger partial charge in [-0.25, -0.2) is 13.1 Å². The number of halogens is 1. The highest BCUT2D eigenvalue weighted by Crippen LogP contribution is 2.30. The quantitative estimate of drug-likeness (QED) is 0.855. The maximum Gasteiger partial charge on any atom is 0.306 e. The molecular weight excluding hydrogens is 354 g/mol. The van der Waals surface area contributed by atoms with Crippen LogP contribution in [0.4, 0.5) is 0 Å². The van der Waals surface area contributed by atoms with Crippen molar-refractivity contribution in [1.29, 1.82) is 0 Å². The van der Waals surface area contributed by atoms with Crippen molar-refractivity contribution in [3.8, 4) is 0 Å². The third-order valence-electron chi connectivity index (χ3n) is 3.17. The van der Waals surface area contributed by atoms with E-state index in [1.807, 2.05) is 0 Å². The first-order chi connectivity index (χ1) is 8.90. The minimum atomic E-state index is -3.57. The lowest BCUT2D eigenvalue weighted by atomic mass is 9.86. The van der Waals surface area contributed by atoms with Crippen LogP contribution in [0.1, 0.15) is 25.7 Å².